The van der Waals surface area contributed by atoms with Crippen molar-refractivity contribution in [2.24, 2.45) is 0 Å². The van der Waals surface area contributed by atoms with Gasteiger partial charge in [0, 0.05) is 5.56 Å². The molecule has 7 nitrogen and oxygen atoms in total. The Morgan fingerprint density at radius 3 is 2.19 bits per heavy atom. The average molecular weight is 424 g/mol. The van der Waals surface area contributed by atoms with Gasteiger partial charge in [0.25, 0.3) is 5.91 Å². The van der Waals surface area contributed by atoms with Crippen molar-refractivity contribution in [3.8, 4) is 22.8 Å². The first-order valence-corrected chi connectivity index (χ1v) is 9.45. The minimum atomic E-state index is -1.20. The van der Waals surface area contributed by atoms with Gasteiger partial charge in [0.05, 0.1) is 18.9 Å². The van der Waals surface area contributed by atoms with Crippen LogP contribution in [0, 0.1) is 5.82 Å². The molecule has 0 aliphatic rings. The Balaban J connectivity index is 1.74. The summed E-state index contributed by atoms with van der Waals surface area (Å²) in [5.74, 6) is -0.652. The molecule has 0 saturated heterocycles. The summed E-state index contributed by atoms with van der Waals surface area (Å²) in [6, 6.07) is 16.4. The lowest BCUT2D eigenvalue weighted by molar-refractivity contribution is -0.145. The van der Waals surface area contributed by atoms with E-state index in [1.165, 1.54) is 44.4 Å². The first-order valence-electron chi connectivity index (χ1n) is 9.45. The average Bonchev–Trinajstić information content (AvgIpc) is 2.78. The van der Waals surface area contributed by atoms with Crippen LogP contribution in [0.25, 0.3) is 11.3 Å². The summed E-state index contributed by atoms with van der Waals surface area (Å²) in [5, 5.41) is 12.2. The van der Waals surface area contributed by atoms with Crippen LogP contribution < -0.4 is 10.1 Å². The van der Waals surface area contributed by atoms with Crippen LogP contribution in [0.2, 0.25) is 0 Å². The Hall–Kier alpha value is -3.78. The van der Waals surface area contributed by atoms with E-state index in [4.69, 9.17) is 4.74 Å². The standard InChI is InChI=1S/C23H21FN2O5/c1-14(27)21(23(29)30-2)26-22(28)20-5-3-4-19(25-20)15-6-10-17(11-7-15)31-18-12-8-16(24)9-13-18/h3-14,21,27H,1-2H3,(H,26,28)/t14?,21-/m0/s1. The molecule has 2 aromatic carbocycles. The maximum absolute atomic E-state index is 13.0. The number of nitrogens with zero attached hydrogens (tertiary/aromatic N) is 1. The molecule has 3 aromatic rings. The minimum Gasteiger partial charge on any atom is -0.467 e. The van der Waals surface area contributed by atoms with E-state index < -0.39 is 24.0 Å². The number of aromatic nitrogens is 1. The van der Waals surface area contributed by atoms with Gasteiger partial charge in [0.1, 0.15) is 23.0 Å². The highest BCUT2D eigenvalue weighted by atomic mass is 19.1. The molecule has 8 heteroatoms. The largest absolute Gasteiger partial charge is 0.467 e. The zero-order valence-electron chi connectivity index (χ0n) is 16.9. The number of nitrogens with one attached hydrogen (secondary N) is 1. The van der Waals surface area contributed by atoms with Crippen LogP contribution in [0.3, 0.4) is 0 Å². The molecule has 0 radical (unpaired) electrons. The van der Waals surface area contributed by atoms with E-state index in [-0.39, 0.29) is 11.5 Å². The smallest absolute Gasteiger partial charge is 0.331 e. The van der Waals surface area contributed by atoms with Crippen LogP contribution in [0.1, 0.15) is 17.4 Å². The van der Waals surface area contributed by atoms with E-state index in [0.717, 1.165) is 5.56 Å². The molecule has 1 aromatic heterocycles. The van der Waals surface area contributed by atoms with E-state index in [0.29, 0.717) is 17.2 Å². The number of rotatable bonds is 7. The molecule has 0 bridgehead atoms. The van der Waals surface area contributed by atoms with Crippen molar-refractivity contribution in [3.63, 3.8) is 0 Å². The quantitative estimate of drug-likeness (QED) is 0.565. The zero-order valence-corrected chi connectivity index (χ0v) is 16.9. The molecule has 2 atom stereocenters. The number of hydrogen-bond donors (Lipinski definition) is 2. The summed E-state index contributed by atoms with van der Waals surface area (Å²) in [6.07, 6.45) is -1.13. The van der Waals surface area contributed by atoms with Crippen molar-refractivity contribution in [1.82, 2.24) is 10.3 Å². The molecule has 1 unspecified atom stereocenters. The highest BCUT2D eigenvalue weighted by molar-refractivity contribution is 5.95. The molecule has 0 aliphatic heterocycles. The molecule has 0 spiro atoms. The number of carbonyl (C=O) groups is 2. The van der Waals surface area contributed by atoms with Crippen molar-refractivity contribution in [3.05, 3.63) is 78.2 Å². The maximum Gasteiger partial charge on any atom is 0.331 e. The normalized spacial score (nSPS) is 12.5. The SMILES string of the molecule is COC(=O)[C@@H](NC(=O)c1cccc(-c2ccc(Oc3ccc(F)cc3)cc2)n1)C(C)O. The number of benzene rings is 2. The molecular weight excluding hydrogens is 403 g/mol. The Morgan fingerprint density at radius 1 is 1.00 bits per heavy atom. The number of methoxy groups -OCH3 is 1. The molecule has 31 heavy (non-hydrogen) atoms. The maximum atomic E-state index is 13.0. The van der Waals surface area contributed by atoms with Gasteiger partial charge >= 0.3 is 5.97 Å². The van der Waals surface area contributed by atoms with Gasteiger partial charge < -0.3 is 19.9 Å². The number of hydrogen-bond acceptors (Lipinski definition) is 6. The third-order valence-electron chi connectivity index (χ3n) is 4.41. The molecule has 0 saturated carbocycles. The second kappa shape index (κ2) is 9.82. The highest BCUT2D eigenvalue weighted by Gasteiger charge is 2.27. The minimum absolute atomic E-state index is 0.0821. The summed E-state index contributed by atoms with van der Waals surface area (Å²) >= 11 is 0. The number of carbonyl (C=O) groups excluding carboxylic acids is 2. The van der Waals surface area contributed by atoms with E-state index >= 15 is 0 Å². The number of amides is 1. The van der Waals surface area contributed by atoms with E-state index in [1.807, 2.05) is 0 Å². The lowest BCUT2D eigenvalue weighted by atomic mass is 10.1. The molecule has 0 fully saturated rings. The van der Waals surface area contributed by atoms with Crippen LogP contribution in [-0.4, -0.2) is 41.2 Å². The molecule has 1 heterocycles. The second-order valence-electron chi connectivity index (χ2n) is 6.70. The fourth-order valence-corrected chi connectivity index (χ4v) is 2.77. The molecule has 0 aliphatic carbocycles. The number of aliphatic hydroxyl groups is 1. The fraction of sp³-hybridized carbons (Fsp3) is 0.174. The monoisotopic (exact) mass is 424 g/mol. The molecule has 160 valence electrons. The predicted octanol–water partition coefficient (Wildman–Crippen LogP) is 3.33. The topological polar surface area (TPSA) is 97.8 Å². The van der Waals surface area contributed by atoms with Gasteiger partial charge in [-0.2, -0.15) is 0 Å². The van der Waals surface area contributed by atoms with Crippen molar-refractivity contribution in [1.29, 1.82) is 0 Å². The number of ether oxygens (including phenoxy) is 2. The van der Waals surface area contributed by atoms with Crippen molar-refractivity contribution < 1.29 is 28.6 Å². The first kappa shape index (κ1) is 21.9. The summed E-state index contributed by atoms with van der Waals surface area (Å²) in [5.41, 5.74) is 1.35. The number of esters is 1. The summed E-state index contributed by atoms with van der Waals surface area (Å²) < 4.78 is 23.3. The van der Waals surface area contributed by atoms with E-state index in [1.54, 1.807) is 36.4 Å². The molecule has 1 amide bonds. The summed E-state index contributed by atoms with van der Waals surface area (Å²) in [7, 11) is 1.17. The van der Waals surface area contributed by atoms with Gasteiger partial charge in [0.15, 0.2) is 6.04 Å². The van der Waals surface area contributed by atoms with Crippen LogP contribution in [0.4, 0.5) is 4.39 Å². The van der Waals surface area contributed by atoms with Gasteiger partial charge in [-0.05, 0) is 67.6 Å². The van der Waals surface area contributed by atoms with Crippen LogP contribution >= 0.6 is 0 Å². The van der Waals surface area contributed by atoms with Gasteiger partial charge in [-0.25, -0.2) is 14.2 Å². The van der Waals surface area contributed by atoms with Gasteiger partial charge in [-0.3, -0.25) is 4.79 Å². The number of halogens is 1. The lowest BCUT2D eigenvalue weighted by Crippen LogP contribution is -2.48. The van der Waals surface area contributed by atoms with Crippen LogP contribution in [-0.2, 0) is 9.53 Å². The van der Waals surface area contributed by atoms with Crippen molar-refractivity contribution in [2.45, 2.75) is 19.1 Å². The zero-order chi connectivity index (χ0) is 22.4. The molecular formula is C23H21FN2O5. The highest BCUT2D eigenvalue weighted by Crippen LogP contribution is 2.25. The molecule has 2 N–H and O–H groups in total. The summed E-state index contributed by atoms with van der Waals surface area (Å²) in [4.78, 5) is 28.6. The Bertz CT molecular complexity index is 1050. The van der Waals surface area contributed by atoms with Crippen LogP contribution in [0.5, 0.6) is 11.5 Å². The van der Waals surface area contributed by atoms with Crippen molar-refractivity contribution >= 4 is 11.9 Å². The third-order valence-corrected chi connectivity index (χ3v) is 4.41. The second-order valence-corrected chi connectivity index (χ2v) is 6.70. The first-order chi connectivity index (χ1) is 14.9. The Morgan fingerprint density at radius 2 is 1.61 bits per heavy atom. The molecule has 3 rings (SSSR count). The van der Waals surface area contributed by atoms with E-state index in [9.17, 15) is 19.1 Å². The number of pyridine rings is 1. The van der Waals surface area contributed by atoms with Crippen molar-refractivity contribution in [2.75, 3.05) is 7.11 Å². The lowest BCUT2D eigenvalue weighted by Gasteiger charge is -2.18. The summed E-state index contributed by atoms with van der Waals surface area (Å²) in [6.45, 7) is 1.38. The van der Waals surface area contributed by atoms with Gasteiger partial charge in [-0.1, -0.05) is 6.07 Å². The Labute approximate surface area is 178 Å². The fourth-order valence-electron chi connectivity index (χ4n) is 2.77. The van der Waals surface area contributed by atoms with Crippen LogP contribution in [0.15, 0.2) is 66.7 Å². The third kappa shape index (κ3) is 5.64. The van der Waals surface area contributed by atoms with E-state index in [2.05, 4.69) is 15.0 Å². The Kier molecular flexibility index (Phi) is 6.94. The number of aliphatic hydroxyl groups excluding tert-OH is 1. The van der Waals surface area contributed by atoms with Gasteiger partial charge in [-0.15, -0.1) is 0 Å². The predicted molar refractivity (Wildman–Crippen MR) is 111 cm³/mol. The van der Waals surface area contributed by atoms with Gasteiger partial charge in [0.2, 0.25) is 0 Å².